The molecule has 0 saturated carbocycles. The van der Waals surface area contributed by atoms with Crippen molar-refractivity contribution < 1.29 is 24.2 Å². The molecule has 0 unspecified atom stereocenters. The van der Waals surface area contributed by atoms with E-state index in [9.17, 15) is 0 Å². The third kappa shape index (κ3) is 14.4. The number of rotatable bonds is 1. The second kappa shape index (κ2) is 17.0. The van der Waals surface area contributed by atoms with E-state index in [1.165, 1.54) is 52.1 Å². The van der Waals surface area contributed by atoms with Crippen LogP contribution in [0.4, 0.5) is 0 Å². The van der Waals surface area contributed by atoms with E-state index < -0.39 is 0 Å². The molecule has 138 valence electrons. The van der Waals surface area contributed by atoms with Gasteiger partial charge >= 0.3 is 63.8 Å². The van der Waals surface area contributed by atoms with E-state index in [1.807, 2.05) is 6.07 Å². The summed E-state index contributed by atoms with van der Waals surface area (Å²) in [6, 6.07) is 10.3. The molecule has 2 aliphatic carbocycles. The summed E-state index contributed by atoms with van der Waals surface area (Å²) in [6.45, 7) is 8.42. The van der Waals surface area contributed by atoms with Gasteiger partial charge in [-0.05, 0) is 0 Å². The molecule has 0 radical (unpaired) electrons. The summed E-state index contributed by atoms with van der Waals surface area (Å²) in [6.07, 6.45) is 12.8. The van der Waals surface area contributed by atoms with Crippen molar-refractivity contribution in [3.05, 3.63) is 89.9 Å². The van der Waals surface area contributed by atoms with Gasteiger partial charge < -0.3 is 7.43 Å². The van der Waals surface area contributed by atoms with Gasteiger partial charge in [-0.25, -0.2) is 23.3 Å². The average molecular weight is 456 g/mol. The monoisotopic (exact) mass is 453 g/mol. The van der Waals surface area contributed by atoms with E-state index in [2.05, 4.69) is 80.0 Å². The maximum atomic E-state index is 3.19. The summed E-state index contributed by atoms with van der Waals surface area (Å²) in [7, 11) is 0. The van der Waals surface area contributed by atoms with Gasteiger partial charge in [0.1, 0.15) is 0 Å². The molecule has 0 fully saturated rings. The Morgan fingerprint density at radius 3 is 1.36 bits per heavy atom. The van der Waals surface area contributed by atoms with E-state index in [4.69, 9.17) is 0 Å². The van der Waals surface area contributed by atoms with Crippen molar-refractivity contribution >= 4 is 28.5 Å². The van der Waals surface area contributed by atoms with Gasteiger partial charge in [0.2, 0.25) is 0 Å². The molecule has 0 heterocycles. The molecule has 3 rings (SSSR count). The van der Waals surface area contributed by atoms with Crippen LogP contribution in [0.2, 0.25) is 0 Å². The van der Waals surface area contributed by atoms with Crippen LogP contribution in [0.15, 0.2) is 64.8 Å². The number of hydrogen-bond donors (Lipinski definition) is 0. The molecule has 0 saturated heterocycles. The predicted molar refractivity (Wildman–Crippen MR) is 114 cm³/mol. The van der Waals surface area contributed by atoms with E-state index in [1.54, 1.807) is 0 Å². The van der Waals surface area contributed by atoms with Gasteiger partial charge in [0.25, 0.3) is 0 Å². The van der Waals surface area contributed by atoms with Gasteiger partial charge in [0.15, 0.2) is 0 Å². The second-order valence-electron chi connectivity index (χ2n) is 5.61. The number of benzene rings is 1. The summed E-state index contributed by atoms with van der Waals surface area (Å²) in [5.41, 5.74) is 6.76. The molecule has 1 aromatic carbocycles. The minimum absolute atomic E-state index is 0. The number of hydrogen-bond acceptors (Lipinski definition) is 0. The summed E-state index contributed by atoms with van der Waals surface area (Å²) >= 11 is 1.46. The maximum absolute atomic E-state index is 3.19. The Balaban J connectivity index is -0.000000275. The quantitative estimate of drug-likeness (QED) is 0.406. The molecule has 25 heavy (non-hydrogen) atoms. The fourth-order valence-electron chi connectivity index (χ4n) is 2.05. The van der Waals surface area contributed by atoms with Gasteiger partial charge in [0.05, 0.1) is 0 Å². The van der Waals surface area contributed by atoms with E-state index in [0.29, 0.717) is 0 Å². The molecule has 0 nitrogen and oxygen atoms in total. The van der Waals surface area contributed by atoms with Crippen LogP contribution in [0.1, 0.15) is 46.1 Å². The van der Waals surface area contributed by atoms with Crippen molar-refractivity contribution in [3.8, 4) is 0 Å². The van der Waals surface area contributed by atoms with E-state index >= 15 is 0 Å². The molecule has 0 aliphatic heterocycles. The average Bonchev–Trinajstić information content (AvgIpc) is 3.08. The van der Waals surface area contributed by atoms with Crippen molar-refractivity contribution in [2.75, 3.05) is 0 Å². The molecule has 1 aromatic rings. The minimum atomic E-state index is 0. The Kier molecular flexibility index (Phi) is 19.9. The van der Waals surface area contributed by atoms with Crippen LogP contribution in [0, 0.1) is 19.6 Å². The first-order valence-corrected chi connectivity index (χ1v) is 8.98. The Labute approximate surface area is 182 Å². The van der Waals surface area contributed by atoms with Crippen LogP contribution >= 0.6 is 24.8 Å². The third-order valence-electron chi connectivity index (χ3n) is 3.18. The molecule has 0 aromatic heterocycles. The zero-order valence-electron chi connectivity index (χ0n) is 15.8. The standard InChI is InChI=1S/2C7H9.C7H6.CH3.2ClH.Zr/c2*1-6-3-4-7(2)5-6;1-7-5-3-2-4-6-7;;;;/h2*5H,3H2,1-2H3;1-6H;1H3;2*1H;/q2*-1;;-1;;;. The Hall–Kier alpha value is -0.487. The second-order valence-corrected chi connectivity index (χ2v) is 6.32. The molecule has 0 atom stereocenters. The normalized spacial score (nSPS) is 13.4. The predicted octanol–water partition coefficient (Wildman–Crippen LogP) is 6.85. The van der Waals surface area contributed by atoms with Gasteiger partial charge in [-0.2, -0.15) is 11.1 Å². The molecule has 2 aliphatic rings. The van der Waals surface area contributed by atoms with Crippen LogP contribution < -0.4 is 0 Å². The topological polar surface area (TPSA) is 0 Å². The van der Waals surface area contributed by atoms with Gasteiger partial charge in [0, 0.05) is 0 Å². The number of halogens is 2. The van der Waals surface area contributed by atoms with Crippen LogP contribution in [-0.2, 0) is 24.2 Å². The van der Waals surface area contributed by atoms with Gasteiger partial charge in [-0.3, -0.25) is 12.2 Å². The molecule has 0 N–H and O–H groups in total. The van der Waals surface area contributed by atoms with Gasteiger partial charge in [-0.15, -0.1) is 37.7 Å². The first-order valence-electron chi connectivity index (χ1n) is 7.56. The van der Waals surface area contributed by atoms with Crippen molar-refractivity contribution in [3.63, 3.8) is 0 Å². The van der Waals surface area contributed by atoms with Crippen LogP contribution in [0.3, 0.4) is 0 Å². The van der Waals surface area contributed by atoms with Gasteiger partial charge in [-0.1, -0.05) is 27.7 Å². The van der Waals surface area contributed by atoms with Crippen LogP contribution in [-0.4, -0.2) is 3.71 Å². The summed E-state index contributed by atoms with van der Waals surface area (Å²) in [4.78, 5) is 0. The summed E-state index contributed by atoms with van der Waals surface area (Å²) in [5, 5.41) is 0. The zero-order chi connectivity index (χ0) is 16.4. The molecular formula is C22H29Cl2Zr-3. The Morgan fingerprint density at radius 2 is 1.20 bits per heavy atom. The van der Waals surface area contributed by atoms with Crippen molar-refractivity contribution in [1.82, 2.24) is 0 Å². The van der Waals surface area contributed by atoms with Crippen molar-refractivity contribution in [1.29, 1.82) is 0 Å². The fourth-order valence-corrected chi connectivity index (χ4v) is 2.52. The third-order valence-corrected chi connectivity index (χ3v) is 4.00. The first kappa shape index (κ1) is 29.3. The Bertz CT molecular complexity index is 574. The van der Waals surface area contributed by atoms with Crippen LogP contribution in [0.5, 0.6) is 0 Å². The van der Waals surface area contributed by atoms with Crippen LogP contribution in [0.25, 0.3) is 0 Å². The molecular weight excluding hydrogens is 426 g/mol. The summed E-state index contributed by atoms with van der Waals surface area (Å²) < 4.78 is 2.17. The molecule has 3 heteroatoms. The van der Waals surface area contributed by atoms with E-state index in [0.717, 1.165) is 12.8 Å². The number of allylic oxidation sites excluding steroid dienone is 8. The molecule has 0 bridgehead atoms. The van der Waals surface area contributed by atoms with E-state index in [-0.39, 0.29) is 32.2 Å². The first-order chi connectivity index (χ1) is 10.5. The fraction of sp³-hybridized carbons (Fsp3) is 0.273. The Morgan fingerprint density at radius 1 is 0.800 bits per heavy atom. The molecule has 0 spiro atoms. The SMILES string of the molecule is CC1=[C-]CC(C)=C1.CC1=[C-]CC(C)=C1.Cl.Cl.[CH3-].[Zr]=[CH]c1ccccc1. The molecule has 0 amide bonds. The van der Waals surface area contributed by atoms with Crippen molar-refractivity contribution in [2.24, 2.45) is 0 Å². The zero-order valence-corrected chi connectivity index (χ0v) is 19.9. The summed E-state index contributed by atoms with van der Waals surface area (Å²) in [5.74, 6) is 0. The van der Waals surface area contributed by atoms with Crippen molar-refractivity contribution in [2.45, 2.75) is 40.5 Å².